The first-order chi connectivity index (χ1) is 8.69. The van der Waals surface area contributed by atoms with Crippen LogP contribution in [0, 0.1) is 5.82 Å². The van der Waals surface area contributed by atoms with Crippen LogP contribution in [0.25, 0.3) is 0 Å². The molecule has 1 aliphatic heterocycles. The fourth-order valence-electron chi connectivity index (χ4n) is 2.67. The smallest absolute Gasteiger partial charge is 0.124 e. The molecule has 1 aromatic carbocycles. The van der Waals surface area contributed by atoms with Crippen LogP contribution in [-0.2, 0) is 6.54 Å². The molecule has 1 saturated heterocycles. The highest BCUT2D eigenvalue weighted by Crippen LogP contribution is 2.21. The quantitative estimate of drug-likeness (QED) is 0.918. The summed E-state index contributed by atoms with van der Waals surface area (Å²) in [5.74, 6) is -0.165. The van der Waals surface area contributed by atoms with E-state index in [-0.39, 0.29) is 5.82 Å². The van der Waals surface area contributed by atoms with E-state index in [1.54, 1.807) is 6.07 Å². The average molecular weight is 315 g/mol. The van der Waals surface area contributed by atoms with Gasteiger partial charge >= 0.3 is 0 Å². The molecular weight excluding hydrogens is 295 g/mol. The van der Waals surface area contributed by atoms with Gasteiger partial charge in [0.2, 0.25) is 0 Å². The van der Waals surface area contributed by atoms with E-state index in [1.165, 1.54) is 25.3 Å². The molecule has 4 heteroatoms. The molecule has 1 N–H and O–H groups in total. The lowest BCUT2D eigenvalue weighted by atomic mass is 10.0. The molecule has 1 heterocycles. The first-order valence-electron chi connectivity index (χ1n) is 6.52. The highest BCUT2D eigenvalue weighted by Gasteiger charge is 2.21. The fraction of sp³-hybridized carbons (Fsp3) is 0.571. The van der Waals surface area contributed by atoms with E-state index in [9.17, 15) is 4.39 Å². The van der Waals surface area contributed by atoms with Crippen molar-refractivity contribution >= 4 is 15.9 Å². The zero-order valence-corrected chi connectivity index (χ0v) is 12.3. The number of benzene rings is 1. The Balaban J connectivity index is 2.05. The van der Waals surface area contributed by atoms with Gasteiger partial charge in [-0.05, 0) is 50.2 Å². The minimum atomic E-state index is -0.165. The number of likely N-dealkylation sites (N-methyl/N-ethyl adjacent to an activating group) is 1. The molecule has 2 rings (SSSR count). The SMILES string of the molecule is CNCC1CCCCN1Cc1cc(F)cc(Br)c1. The van der Waals surface area contributed by atoms with Crippen LogP contribution < -0.4 is 5.32 Å². The van der Waals surface area contributed by atoms with Gasteiger partial charge in [-0.15, -0.1) is 0 Å². The molecule has 1 atom stereocenters. The van der Waals surface area contributed by atoms with Gasteiger partial charge in [0.25, 0.3) is 0 Å². The van der Waals surface area contributed by atoms with Crippen molar-refractivity contribution in [1.29, 1.82) is 0 Å². The lowest BCUT2D eigenvalue weighted by molar-refractivity contribution is 0.139. The van der Waals surface area contributed by atoms with Gasteiger partial charge in [-0.3, -0.25) is 4.90 Å². The molecule has 0 bridgehead atoms. The Bertz CT molecular complexity index is 375. The molecule has 1 aromatic rings. The van der Waals surface area contributed by atoms with Gasteiger partial charge in [0.05, 0.1) is 0 Å². The standard InChI is InChI=1S/C14H20BrFN2/c1-17-9-14-4-2-3-5-18(14)10-11-6-12(15)8-13(16)7-11/h6-8,14,17H,2-5,9-10H2,1H3. The molecule has 1 fully saturated rings. The maximum absolute atomic E-state index is 13.4. The number of likely N-dealkylation sites (tertiary alicyclic amines) is 1. The highest BCUT2D eigenvalue weighted by atomic mass is 79.9. The van der Waals surface area contributed by atoms with Crippen molar-refractivity contribution in [2.45, 2.75) is 31.8 Å². The maximum Gasteiger partial charge on any atom is 0.124 e. The summed E-state index contributed by atoms with van der Waals surface area (Å²) in [6.07, 6.45) is 3.78. The summed E-state index contributed by atoms with van der Waals surface area (Å²) < 4.78 is 14.2. The number of rotatable bonds is 4. The van der Waals surface area contributed by atoms with Gasteiger partial charge < -0.3 is 5.32 Å². The third-order valence-electron chi connectivity index (χ3n) is 3.50. The highest BCUT2D eigenvalue weighted by molar-refractivity contribution is 9.10. The molecule has 1 aliphatic rings. The summed E-state index contributed by atoms with van der Waals surface area (Å²) in [4.78, 5) is 2.46. The Kier molecular flexibility index (Phi) is 5.15. The number of piperidine rings is 1. The van der Waals surface area contributed by atoms with Crippen molar-refractivity contribution in [3.05, 3.63) is 34.1 Å². The van der Waals surface area contributed by atoms with Gasteiger partial charge in [-0.2, -0.15) is 0 Å². The van der Waals surface area contributed by atoms with E-state index >= 15 is 0 Å². The van der Waals surface area contributed by atoms with E-state index in [2.05, 4.69) is 26.1 Å². The van der Waals surface area contributed by atoms with Crippen LogP contribution >= 0.6 is 15.9 Å². The number of nitrogens with one attached hydrogen (secondary N) is 1. The van der Waals surface area contributed by atoms with Gasteiger partial charge in [-0.1, -0.05) is 22.4 Å². The van der Waals surface area contributed by atoms with E-state index in [0.29, 0.717) is 6.04 Å². The summed E-state index contributed by atoms with van der Waals surface area (Å²) >= 11 is 3.35. The predicted octanol–water partition coefficient (Wildman–Crippen LogP) is 3.16. The van der Waals surface area contributed by atoms with Crippen molar-refractivity contribution in [3.63, 3.8) is 0 Å². The van der Waals surface area contributed by atoms with Crippen LogP contribution in [-0.4, -0.2) is 31.1 Å². The first kappa shape index (κ1) is 14.0. The monoisotopic (exact) mass is 314 g/mol. The molecular formula is C14H20BrFN2. The molecule has 0 spiro atoms. The number of nitrogens with zero attached hydrogens (tertiary/aromatic N) is 1. The third kappa shape index (κ3) is 3.77. The summed E-state index contributed by atoms with van der Waals surface area (Å²) in [6.45, 7) is 2.96. The van der Waals surface area contributed by atoms with Crippen molar-refractivity contribution in [1.82, 2.24) is 10.2 Å². The Labute approximate surface area is 117 Å². The third-order valence-corrected chi connectivity index (χ3v) is 3.95. The van der Waals surface area contributed by atoms with Crippen molar-refractivity contribution < 1.29 is 4.39 Å². The van der Waals surface area contributed by atoms with Crippen LogP contribution in [0.15, 0.2) is 22.7 Å². The molecule has 0 radical (unpaired) electrons. The van der Waals surface area contributed by atoms with Gasteiger partial charge in [0.15, 0.2) is 0 Å². The zero-order valence-electron chi connectivity index (χ0n) is 10.8. The Morgan fingerprint density at radius 2 is 2.22 bits per heavy atom. The average Bonchev–Trinajstić information content (AvgIpc) is 2.30. The second kappa shape index (κ2) is 6.64. The van der Waals surface area contributed by atoms with Crippen molar-refractivity contribution in [3.8, 4) is 0 Å². The normalized spacial score (nSPS) is 21.2. The number of hydrogen-bond acceptors (Lipinski definition) is 2. The van der Waals surface area contributed by atoms with E-state index in [1.807, 2.05) is 13.1 Å². The van der Waals surface area contributed by atoms with Gasteiger partial charge in [-0.25, -0.2) is 4.39 Å². The lowest BCUT2D eigenvalue weighted by Crippen LogP contribution is -2.44. The minimum Gasteiger partial charge on any atom is -0.318 e. The second-order valence-corrected chi connectivity index (χ2v) is 5.87. The molecule has 18 heavy (non-hydrogen) atoms. The molecule has 100 valence electrons. The summed E-state index contributed by atoms with van der Waals surface area (Å²) in [5.41, 5.74) is 1.05. The first-order valence-corrected chi connectivity index (χ1v) is 7.32. The van der Waals surface area contributed by atoms with E-state index in [0.717, 1.165) is 29.7 Å². The number of hydrogen-bond donors (Lipinski definition) is 1. The molecule has 0 aromatic heterocycles. The number of halogens is 2. The van der Waals surface area contributed by atoms with Crippen LogP contribution in [0.4, 0.5) is 4.39 Å². The van der Waals surface area contributed by atoms with Gasteiger partial charge in [0.1, 0.15) is 5.82 Å². The largest absolute Gasteiger partial charge is 0.318 e. The predicted molar refractivity (Wildman–Crippen MR) is 76.1 cm³/mol. The Morgan fingerprint density at radius 3 is 2.94 bits per heavy atom. The Morgan fingerprint density at radius 1 is 1.39 bits per heavy atom. The topological polar surface area (TPSA) is 15.3 Å². The van der Waals surface area contributed by atoms with Crippen LogP contribution in [0.2, 0.25) is 0 Å². The zero-order chi connectivity index (χ0) is 13.0. The summed E-state index contributed by atoms with van der Waals surface area (Å²) in [7, 11) is 1.99. The summed E-state index contributed by atoms with van der Waals surface area (Å²) in [6, 6.07) is 5.72. The molecule has 1 unspecified atom stereocenters. The lowest BCUT2D eigenvalue weighted by Gasteiger charge is -2.35. The van der Waals surface area contributed by atoms with Gasteiger partial charge in [0, 0.05) is 23.6 Å². The summed E-state index contributed by atoms with van der Waals surface area (Å²) in [5, 5.41) is 3.25. The fourth-order valence-corrected chi connectivity index (χ4v) is 3.18. The molecule has 2 nitrogen and oxygen atoms in total. The minimum absolute atomic E-state index is 0.165. The van der Waals surface area contributed by atoms with Crippen LogP contribution in [0.1, 0.15) is 24.8 Å². The molecule has 0 amide bonds. The van der Waals surface area contributed by atoms with Crippen LogP contribution in [0.5, 0.6) is 0 Å². The molecule has 0 saturated carbocycles. The van der Waals surface area contributed by atoms with E-state index < -0.39 is 0 Å². The second-order valence-electron chi connectivity index (χ2n) is 4.96. The Hall–Kier alpha value is -0.450. The van der Waals surface area contributed by atoms with E-state index in [4.69, 9.17) is 0 Å². The molecule has 0 aliphatic carbocycles. The van der Waals surface area contributed by atoms with Crippen molar-refractivity contribution in [2.75, 3.05) is 20.1 Å². The van der Waals surface area contributed by atoms with Crippen LogP contribution in [0.3, 0.4) is 0 Å². The maximum atomic E-state index is 13.4. The van der Waals surface area contributed by atoms with Crippen molar-refractivity contribution in [2.24, 2.45) is 0 Å².